The molecule has 0 spiro atoms. The highest BCUT2D eigenvalue weighted by atomic mass is 32.1. The number of aromatic nitrogens is 3. The smallest absolute Gasteiger partial charge is 0.176 e. The standard InChI is InChI=1S/C23H29FN4S/c1-17-5-6-18(15-26-17)22(2,3)28-13-11-23(16-28,21-25-12-14-27(21)4)10-9-19-7-8-20(24)29-19/h5-8,12,14-15H,9-11,13,16H2,1-4H3/t23-/m1/s1. The van der Waals surface area contributed by atoms with Crippen molar-refractivity contribution in [1.82, 2.24) is 19.4 Å². The predicted molar refractivity (Wildman–Crippen MR) is 116 cm³/mol. The molecular weight excluding hydrogens is 383 g/mol. The Kier molecular flexibility index (Phi) is 5.34. The average molecular weight is 413 g/mol. The van der Waals surface area contributed by atoms with E-state index in [1.54, 1.807) is 6.07 Å². The highest BCUT2D eigenvalue weighted by Crippen LogP contribution is 2.43. The summed E-state index contributed by atoms with van der Waals surface area (Å²) in [5.74, 6) is 1.13. The molecule has 6 heteroatoms. The highest BCUT2D eigenvalue weighted by molar-refractivity contribution is 7.10. The lowest BCUT2D eigenvalue weighted by molar-refractivity contribution is 0.141. The number of likely N-dealkylation sites (tertiary alicyclic amines) is 1. The van der Waals surface area contributed by atoms with Gasteiger partial charge in [0.25, 0.3) is 0 Å². The summed E-state index contributed by atoms with van der Waals surface area (Å²) in [5, 5.41) is -0.105. The van der Waals surface area contributed by atoms with Gasteiger partial charge in [0, 0.05) is 60.3 Å². The molecule has 1 aliphatic rings. The van der Waals surface area contributed by atoms with Crippen molar-refractivity contribution in [2.45, 2.75) is 51.0 Å². The van der Waals surface area contributed by atoms with Crippen molar-refractivity contribution in [3.8, 4) is 0 Å². The molecule has 0 amide bonds. The topological polar surface area (TPSA) is 34.0 Å². The van der Waals surface area contributed by atoms with E-state index >= 15 is 0 Å². The van der Waals surface area contributed by atoms with Crippen molar-refractivity contribution in [3.05, 3.63) is 69.9 Å². The van der Waals surface area contributed by atoms with Crippen molar-refractivity contribution in [2.24, 2.45) is 7.05 Å². The molecule has 1 fully saturated rings. The number of imidazole rings is 1. The summed E-state index contributed by atoms with van der Waals surface area (Å²) in [6.45, 7) is 8.52. The number of nitrogens with zero attached hydrogens (tertiary/aromatic N) is 4. The molecular formula is C23H29FN4S. The number of pyridine rings is 1. The van der Waals surface area contributed by atoms with Gasteiger partial charge in [-0.15, -0.1) is 11.3 Å². The average Bonchev–Trinajstić information content (AvgIpc) is 3.41. The van der Waals surface area contributed by atoms with Crippen LogP contribution in [0.15, 0.2) is 42.9 Å². The summed E-state index contributed by atoms with van der Waals surface area (Å²) in [4.78, 5) is 12.9. The van der Waals surface area contributed by atoms with Gasteiger partial charge in [0.15, 0.2) is 5.13 Å². The molecule has 4 heterocycles. The second-order valence-corrected chi connectivity index (χ2v) is 9.89. The minimum Gasteiger partial charge on any atom is -0.338 e. The quantitative estimate of drug-likeness (QED) is 0.581. The summed E-state index contributed by atoms with van der Waals surface area (Å²) in [7, 11) is 2.08. The van der Waals surface area contributed by atoms with Crippen LogP contribution in [0.3, 0.4) is 0 Å². The third-order valence-corrected chi connectivity index (χ3v) is 7.47. The first-order valence-electron chi connectivity index (χ1n) is 10.2. The molecule has 1 aliphatic heterocycles. The van der Waals surface area contributed by atoms with Gasteiger partial charge in [-0.2, -0.15) is 4.39 Å². The first-order valence-corrected chi connectivity index (χ1v) is 11.0. The van der Waals surface area contributed by atoms with Crippen molar-refractivity contribution >= 4 is 11.3 Å². The van der Waals surface area contributed by atoms with Crippen LogP contribution in [0.25, 0.3) is 0 Å². The maximum absolute atomic E-state index is 13.5. The Bertz CT molecular complexity index is 975. The normalized spacial score (nSPS) is 20.4. The second kappa shape index (κ2) is 7.65. The molecule has 0 saturated carbocycles. The van der Waals surface area contributed by atoms with Crippen molar-refractivity contribution in [2.75, 3.05) is 13.1 Å². The van der Waals surface area contributed by atoms with E-state index in [1.807, 2.05) is 31.6 Å². The molecule has 1 saturated heterocycles. The Morgan fingerprint density at radius 1 is 1.21 bits per heavy atom. The summed E-state index contributed by atoms with van der Waals surface area (Å²) in [6, 6.07) is 7.77. The Morgan fingerprint density at radius 2 is 2.03 bits per heavy atom. The van der Waals surface area contributed by atoms with Crippen LogP contribution < -0.4 is 0 Å². The van der Waals surface area contributed by atoms with Crippen LogP contribution in [-0.2, 0) is 24.4 Å². The van der Waals surface area contributed by atoms with Crippen LogP contribution in [0.5, 0.6) is 0 Å². The van der Waals surface area contributed by atoms with Gasteiger partial charge in [-0.25, -0.2) is 4.98 Å². The molecule has 0 aromatic carbocycles. The molecule has 0 N–H and O–H groups in total. The molecule has 154 valence electrons. The van der Waals surface area contributed by atoms with E-state index in [2.05, 4.69) is 47.5 Å². The molecule has 3 aromatic rings. The van der Waals surface area contributed by atoms with E-state index in [1.165, 1.54) is 16.9 Å². The monoisotopic (exact) mass is 412 g/mol. The number of hydrogen-bond acceptors (Lipinski definition) is 4. The zero-order valence-electron chi connectivity index (χ0n) is 17.7. The Morgan fingerprint density at radius 3 is 2.66 bits per heavy atom. The van der Waals surface area contributed by atoms with Crippen molar-refractivity contribution < 1.29 is 4.39 Å². The van der Waals surface area contributed by atoms with Gasteiger partial charge in [-0.3, -0.25) is 9.88 Å². The SMILES string of the molecule is Cc1ccc(C(C)(C)N2CC[C@@](CCc3ccc(F)s3)(c3nccn3C)C2)cn1. The van der Waals surface area contributed by atoms with Crippen molar-refractivity contribution in [1.29, 1.82) is 0 Å². The zero-order valence-corrected chi connectivity index (χ0v) is 18.5. The lowest BCUT2D eigenvalue weighted by Crippen LogP contribution is -2.43. The fourth-order valence-electron chi connectivity index (χ4n) is 4.59. The van der Waals surface area contributed by atoms with E-state index in [4.69, 9.17) is 4.98 Å². The fraction of sp³-hybridized carbons (Fsp3) is 0.478. The van der Waals surface area contributed by atoms with Crippen LogP contribution in [0.4, 0.5) is 4.39 Å². The molecule has 1 atom stereocenters. The first kappa shape index (κ1) is 20.2. The maximum atomic E-state index is 13.5. The largest absolute Gasteiger partial charge is 0.338 e. The highest BCUT2D eigenvalue weighted by Gasteiger charge is 2.46. The Hall–Kier alpha value is -2.05. The molecule has 0 bridgehead atoms. The Balaban J connectivity index is 1.61. The third kappa shape index (κ3) is 3.88. The molecule has 29 heavy (non-hydrogen) atoms. The molecule has 3 aromatic heterocycles. The van der Waals surface area contributed by atoms with Crippen LogP contribution in [-0.4, -0.2) is 32.5 Å². The van der Waals surface area contributed by atoms with E-state index in [9.17, 15) is 4.39 Å². The minimum absolute atomic E-state index is 0.0336. The van der Waals surface area contributed by atoms with Crippen LogP contribution in [0, 0.1) is 12.1 Å². The van der Waals surface area contributed by atoms with E-state index < -0.39 is 0 Å². The van der Waals surface area contributed by atoms with E-state index in [0.29, 0.717) is 0 Å². The maximum Gasteiger partial charge on any atom is 0.176 e. The number of halogens is 1. The van der Waals surface area contributed by atoms with E-state index in [-0.39, 0.29) is 16.1 Å². The van der Waals surface area contributed by atoms with Crippen molar-refractivity contribution in [3.63, 3.8) is 0 Å². The molecule has 4 rings (SSSR count). The van der Waals surface area contributed by atoms with Crippen LogP contribution in [0.2, 0.25) is 0 Å². The molecule has 0 radical (unpaired) electrons. The van der Waals surface area contributed by atoms with Gasteiger partial charge < -0.3 is 4.57 Å². The summed E-state index contributed by atoms with van der Waals surface area (Å²) in [5.41, 5.74) is 2.13. The summed E-state index contributed by atoms with van der Waals surface area (Å²) < 4.78 is 15.6. The van der Waals surface area contributed by atoms with Gasteiger partial charge in [-0.1, -0.05) is 6.07 Å². The molecule has 4 nitrogen and oxygen atoms in total. The number of hydrogen-bond donors (Lipinski definition) is 0. The zero-order chi connectivity index (χ0) is 20.6. The number of aryl methyl sites for hydroxylation is 3. The lowest BCUT2D eigenvalue weighted by Gasteiger charge is -2.38. The van der Waals surface area contributed by atoms with Gasteiger partial charge in [0.1, 0.15) is 5.82 Å². The minimum atomic E-state index is -0.108. The summed E-state index contributed by atoms with van der Waals surface area (Å²) in [6.07, 6.45) is 8.82. The first-order chi connectivity index (χ1) is 13.8. The van der Waals surface area contributed by atoms with Gasteiger partial charge in [-0.05, 0) is 63.8 Å². The van der Waals surface area contributed by atoms with Gasteiger partial charge in [0.05, 0.1) is 0 Å². The second-order valence-electron chi connectivity index (χ2n) is 8.77. The summed E-state index contributed by atoms with van der Waals surface area (Å²) >= 11 is 1.26. The van der Waals surface area contributed by atoms with Crippen LogP contribution in [0.1, 0.15) is 48.6 Å². The Labute approximate surface area is 176 Å². The number of rotatable bonds is 6. The van der Waals surface area contributed by atoms with Crippen LogP contribution >= 0.6 is 11.3 Å². The van der Waals surface area contributed by atoms with Gasteiger partial charge in [0.2, 0.25) is 0 Å². The molecule has 0 aliphatic carbocycles. The third-order valence-electron chi connectivity index (χ3n) is 6.54. The number of thiophene rings is 1. The van der Waals surface area contributed by atoms with Gasteiger partial charge >= 0.3 is 0 Å². The fourth-order valence-corrected chi connectivity index (χ4v) is 5.31. The molecule has 0 unspecified atom stereocenters. The van der Waals surface area contributed by atoms with E-state index in [0.717, 1.165) is 48.7 Å². The predicted octanol–water partition coefficient (Wildman–Crippen LogP) is 4.84. The lowest BCUT2D eigenvalue weighted by atomic mass is 9.80.